The molecule has 10 heteroatoms. The fraction of sp³-hybridized carbons (Fsp3) is 0.438. The van der Waals surface area contributed by atoms with Crippen LogP contribution < -0.4 is 16.2 Å². The molecule has 0 atom stereocenters. The molecule has 2 aromatic rings. The molecule has 0 spiro atoms. The van der Waals surface area contributed by atoms with Crippen LogP contribution >= 0.6 is 0 Å². The first-order chi connectivity index (χ1) is 12.4. The molecule has 138 valence electrons. The molecule has 0 saturated heterocycles. The van der Waals surface area contributed by atoms with Gasteiger partial charge in [0.15, 0.2) is 0 Å². The van der Waals surface area contributed by atoms with Gasteiger partial charge in [0, 0.05) is 6.04 Å². The minimum Gasteiger partial charge on any atom is -0.462 e. The Morgan fingerprint density at radius 1 is 1.38 bits per heavy atom. The third-order valence-corrected chi connectivity index (χ3v) is 3.81. The maximum absolute atomic E-state index is 12.7. The van der Waals surface area contributed by atoms with E-state index in [1.807, 2.05) is 0 Å². The van der Waals surface area contributed by atoms with Gasteiger partial charge in [-0.25, -0.2) is 14.6 Å². The number of carbonyl (C=O) groups excluding carboxylic acids is 3. The molecule has 3 rings (SSSR count). The number of furan rings is 1. The average Bonchev–Trinajstić information content (AvgIpc) is 3.30. The maximum Gasteiger partial charge on any atom is 0.342 e. The number of urea groups is 1. The lowest BCUT2D eigenvalue weighted by Crippen LogP contribution is -2.42. The third-order valence-electron chi connectivity index (χ3n) is 3.81. The van der Waals surface area contributed by atoms with Gasteiger partial charge in [-0.2, -0.15) is 0 Å². The molecule has 0 bridgehead atoms. The van der Waals surface area contributed by atoms with Crippen molar-refractivity contribution in [2.75, 3.05) is 6.61 Å². The van der Waals surface area contributed by atoms with Gasteiger partial charge in [0.25, 0.3) is 5.56 Å². The Balaban J connectivity index is 1.85. The van der Waals surface area contributed by atoms with Gasteiger partial charge in [-0.3, -0.25) is 19.5 Å². The second kappa shape index (κ2) is 6.98. The number of fused-ring (bicyclic) bond motifs is 1. The lowest BCUT2D eigenvalue weighted by atomic mass is 10.2. The molecule has 26 heavy (non-hydrogen) atoms. The summed E-state index contributed by atoms with van der Waals surface area (Å²) in [6.07, 6.45) is 2.90. The lowest BCUT2D eigenvalue weighted by molar-refractivity contribution is -0.120. The summed E-state index contributed by atoms with van der Waals surface area (Å²) in [5.41, 5.74) is -0.660. The van der Waals surface area contributed by atoms with E-state index in [0.29, 0.717) is 0 Å². The number of hydrogen-bond donors (Lipinski definition) is 2. The Bertz CT molecular complexity index is 940. The zero-order chi connectivity index (χ0) is 18.8. The van der Waals surface area contributed by atoms with Crippen LogP contribution in [0.3, 0.4) is 0 Å². The highest BCUT2D eigenvalue weighted by atomic mass is 16.5. The molecule has 1 saturated carbocycles. The Morgan fingerprint density at radius 2 is 2.12 bits per heavy atom. The standard InChI is InChI=1S/C16H18N4O6/c1-3-25-15(23)11-8(2)26-13-12(11)14(22)20(7-17-13)6-10(21)19-16(24)18-9-4-5-9/h7,9H,3-6H2,1-2H3,(H2,18,19,21,24). The summed E-state index contributed by atoms with van der Waals surface area (Å²) in [7, 11) is 0. The fourth-order valence-electron chi connectivity index (χ4n) is 2.47. The molecule has 2 aromatic heterocycles. The van der Waals surface area contributed by atoms with Gasteiger partial charge in [-0.05, 0) is 26.7 Å². The summed E-state index contributed by atoms with van der Waals surface area (Å²) in [5, 5.41) is 4.70. The van der Waals surface area contributed by atoms with Crippen LogP contribution in [-0.4, -0.2) is 40.1 Å². The number of nitrogens with one attached hydrogen (secondary N) is 2. The largest absolute Gasteiger partial charge is 0.462 e. The summed E-state index contributed by atoms with van der Waals surface area (Å²) < 4.78 is 11.3. The summed E-state index contributed by atoms with van der Waals surface area (Å²) >= 11 is 0. The predicted molar refractivity (Wildman–Crippen MR) is 88.7 cm³/mol. The molecular weight excluding hydrogens is 344 g/mol. The van der Waals surface area contributed by atoms with Crippen LogP contribution in [-0.2, 0) is 16.1 Å². The molecule has 2 heterocycles. The van der Waals surface area contributed by atoms with Crippen molar-refractivity contribution in [1.29, 1.82) is 0 Å². The first kappa shape index (κ1) is 17.6. The first-order valence-corrected chi connectivity index (χ1v) is 8.16. The monoisotopic (exact) mass is 362 g/mol. The van der Waals surface area contributed by atoms with E-state index < -0.39 is 30.0 Å². The molecule has 0 aromatic carbocycles. The van der Waals surface area contributed by atoms with E-state index in [1.165, 1.54) is 6.92 Å². The van der Waals surface area contributed by atoms with Crippen LogP contribution in [0.5, 0.6) is 0 Å². The van der Waals surface area contributed by atoms with E-state index in [0.717, 1.165) is 23.7 Å². The van der Waals surface area contributed by atoms with E-state index in [-0.39, 0.29) is 35.1 Å². The van der Waals surface area contributed by atoms with Gasteiger partial charge in [-0.1, -0.05) is 0 Å². The van der Waals surface area contributed by atoms with Crippen LogP contribution in [0.4, 0.5) is 4.79 Å². The van der Waals surface area contributed by atoms with Crippen LogP contribution in [0.1, 0.15) is 35.9 Å². The minimum atomic E-state index is -0.700. The van der Waals surface area contributed by atoms with E-state index in [1.54, 1.807) is 6.92 Å². The number of hydrogen-bond acceptors (Lipinski definition) is 7. The van der Waals surface area contributed by atoms with Crippen LogP contribution in [0.25, 0.3) is 11.1 Å². The van der Waals surface area contributed by atoms with Gasteiger partial charge < -0.3 is 14.5 Å². The quantitative estimate of drug-likeness (QED) is 0.738. The molecule has 0 radical (unpaired) electrons. The number of aromatic nitrogens is 2. The summed E-state index contributed by atoms with van der Waals surface area (Å²) in [6, 6.07) is -0.504. The molecule has 2 N–H and O–H groups in total. The summed E-state index contributed by atoms with van der Waals surface area (Å²) in [5.74, 6) is -1.17. The van der Waals surface area contributed by atoms with Crippen molar-refractivity contribution in [1.82, 2.24) is 20.2 Å². The minimum absolute atomic E-state index is 0.0133. The number of nitrogens with zero attached hydrogens (tertiary/aromatic N) is 2. The average molecular weight is 362 g/mol. The molecule has 3 amide bonds. The van der Waals surface area contributed by atoms with Crippen molar-refractivity contribution < 1.29 is 23.5 Å². The topological polar surface area (TPSA) is 133 Å². The highest BCUT2D eigenvalue weighted by Crippen LogP contribution is 2.21. The summed E-state index contributed by atoms with van der Waals surface area (Å²) in [4.78, 5) is 52.3. The molecule has 1 aliphatic rings. The molecular formula is C16H18N4O6. The van der Waals surface area contributed by atoms with Crippen molar-refractivity contribution >= 4 is 29.0 Å². The maximum atomic E-state index is 12.7. The van der Waals surface area contributed by atoms with Crippen molar-refractivity contribution in [3.8, 4) is 0 Å². The van der Waals surface area contributed by atoms with Crippen LogP contribution in [0.2, 0.25) is 0 Å². The highest BCUT2D eigenvalue weighted by molar-refractivity contribution is 6.03. The van der Waals surface area contributed by atoms with Crippen molar-refractivity contribution in [3.63, 3.8) is 0 Å². The molecule has 0 aliphatic heterocycles. The first-order valence-electron chi connectivity index (χ1n) is 8.16. The zero-order valence-electron chi connectivity index (χ0n) is 14.3. The second-order valence-corrected chi connectivity index (χ2v) is 5.91. The van der Waals surface area contributed by atoms with Gasteiger partial charge >= 0.3 is 12.0 Å². The van der Waals surface area contributed by atoms with Gasteiger partial charge in [0.2, 0.25) is 11.6 Å². The Labute approximate surface area is 147 Å². The zero-order valence-corrected chi connectivity index (χ0v) is 14.3. The summed E-state index contributed by atoms with van der Waals surface area (Å²) in [6.45, 7) is 2.87. The number of ether oxygens (including phenoxy) is 1. The van der Waals surface area contributed by atoms with Gasteiger partial charge in [0.05, 0.1) is 6.61 Å². The molecule has 1 fully saturated rings. The van der Waals surface area contributed by atoms with E-state index in [9.17, 15) is 19.2 Å². The normalized spacial score (nSPS) is 13.5. The van der Waals surface area contributed by atoms with Gasteiger partial charge in [-0.15, -0.1) is 0 Å². The van der Waals surface area contributed by atoms with Crippen LogP contribution in [0.15, 0.2) is 15.5 Å². The van der Waals surface area contributed by atoms with Gasteiger partial charge in [0.1, 0.15) is 29.6 Å². The number of carbonyl (C=O) groups is 3. The Morgan fingerprint density at radius 3 is 2.77 bits per heavy atom. The van der Waals surface area contributed by atoms with E-state index in [4.69, 9.17) is 9.15 Å². The van der Waals surface area contributed by atoms with Crippen LogP contribution in [0, 0.1) is 6.92 Å². The highest BCUT2D eigenvalue weighted by Gasteiger charge is 2.25. The predicted octanol–water partition coefficient (Wildman–Crippen LogP) is 0.463. The number of rotatable bonds is 5. The van der Waals surface area contributed by atoms with Crippen molar-refractivity contribution in [3.05, 3.63) is 28.0 Å². The number of amides is 3. The number of aryl methyl sites for hydroxylation is 1. The SMILES string of the molecule is CCOC(=O)c1c(C)oc2ncn(CC(=O)NC(=O)NC3CC3)c(=O)c12. The third kappa shape index (κ3) is 3.58. The Kier molecular flexibility index (Phi) is 4.74. The Hall–Kier alpha value is -3.17. The molecule has 1 aliphatic carbocycles. The number of imide groups is 1. The van der Waals surface area contributed by atoms with E-state index >= 15 is 0 Å². The number of esters is 1. The molecule has 0 unspecified atom stereocenters. The fourth-order valence-corrected chi connectivity index (χ4v) is 2.47. The smallest absolute Gasteiger partial charge is 0.342 e. The van der Waals surface area contributed by atoms with Crippen molar-refractivity contribution in [2.24, 2.45) is 0 Å². The molecule has 10 nitrogen and oxygen atoms in total. The van der Waals surface area contributed by atoms with Crippen molar-refractivity contribution in [2.45, 2.75) is 39.3 Å². The van der Waals surface area contributed by atoms with E-state index in [2.05, 4.69) is 15.6 Å². The second-order valence-electron chi connectivity index (χ2n) is 5.91. The lowest BCUT2D eigenvalue weighted by Gasteiger charge is -2.07.